The lowest BCUT2D eigenvalue weighted by Gasteiger charge is -2.35. The number of methoxy groups -OCH3 is 1. The van der Waals surface area contributed by atoms with Gasteiger partial charge in [-0.3, -0.25) is 9.48 Å². The minimum absolute atomic E-state index is 0.0868. The van der Waals surface area contributed by atoms with Crippen molar-refractivity contribution in [1.29, 1.82) is 0 Å². The Balaban J connectivity index is 1.31. The molecular weight excluding hydrogens is 342 g/mol. The van der Waals surface area contributed by atoms with Crippen molar-refractivity contribution < 1.29 is 14.3 Å². The van der Waals surface area contributed by atoms with Crippen molar-refractivity contribution in [3.8, 4) is 11.5 Å². The van der Waals surface area contributed by atoms with Gasteiger partial charge in [0.05, 0.1) is 19.2 Å². The summed E-state index contributed by atoms with van der Waals surface area (Å²) >= 11 is 0. The number of hydrogen-bond acceptors (Lipinski definition) is 4. The van der Waals surface area contributed by atoms with Gasteiger partial charge in [-0.2, -0.15) is 5.10 Å². The quantitative estimate of drug-likeness (QED) is 0.831. The number of ether oxygens (including phenoxy) is 2. The minimum atomic E-state index is -0.0868. The number of likely N-dealkylation sites (tertiary alicyclic amines) is 1. The molecule has 2 aromatic rings. The molecule has 2 aliphatic rings. The highest BCUT2D eigenvalue weighted by atomic mass is 16.5. The number of carbonyl (C=O) groups is 1. The zero-order chi connectivity index (χ0) is 18.8. The van der Waals surface area contributed by atoms with E-state index in [4.69, 9.17) is 9.47 Å². The second-order valence-corrected chi connectivity index (χ2v) is 7.69. The molecular formula is C21H27N3O3. The van der Waals surface area contributed by atoms with Gasteiger partial charge in [-0.25, -0.2) is 0 Å². The van der Waals surface area contributed by atoms with Crippen molar-refractivity contribution in [1.82, 2.24) is 14.7 Å². The monoisotopic (exact) mass is 369 g/mol. The van der Waals surface area contributed by atoms with Gasteiger partial charge in [0.15, 0.2) is 0 Å². The Labute approximate surface area is 160 Å². The van der Waals surface area contributed by atoms with Crippen LogP contribution in [0.3, 0.4) is 0 Å². The van der Waals surface area contributed by atoms with Gasteiger partial charge in [0.25, 0.3) is 0 Å². The zero-order valence-corrected chi connectivity index (χ0v) is 16.1. The molecule has 1 saturated heterocycles. The molecule has 6 nitrogen and oxygen atoms in total. The molecule has 1 amide bonds. The van der Waals surface area contributed by atoms with E-state index >= 15 is 0 Å². The van der Waals surface area contributed by atoms with Gasteiger partial charge in [-0.15, -0.1) is 0 Å². The molecule has 6 heteroatoms. The van der Waals surface area contributed by atoms with Crippen molar-refractivity contribution in [3.63, 3.8) is 0 Å². The van der Waals surface area contributed by atoms with Crippen LogP contribution in [0.25, 0.3) is 0 Å². The van der Waals surface area contributed by atoms with Crippen LogP contribution in [-0.2, 0) is 17.8 Å². The molecule has 1 fully saturated rings. The zero-order valence-electron chi connectivity index (χ0n) is 16.1. The molecule has 3 heterocycles. The first-order chi connectivity index (χ1) is 13.1. The highest BCUT2D eigenvalue weighted by Gasteiger charge is 2.32. The number of rotatable bonds is 4. The summed E-state index contributed by atoms with van der Waals surface area (Å²) in [4.78, 5) is 15.0. The van der Waals surface area contributed by atoms with Crippen molar-refractivity contribution in [2.75, 3.05) is 26.8 Å². The van der Waals surface area contributed by atoms with Crippen LogP contribution >= 0.6 is 0 Å². The maximum atomic E-state index is 13.0. The lowest BCUT2D eigenvalue weighted by Crippen LogP contribution is -2.45. The number of fused-ring (bicyclic) bond motifs is 1. The summed E-state index contributed by atoms with van der Waals surface area (Å²) < 4.78 is 13.1. The summed E-state index contributed by atoms with van der Waals surface area (Å²) in [5.41, 5.74) is 2.28. The van der Waals surface area contributed by atoms with Gasteiger partial charge in [-0.1, -0.05) is 6.07 Å². The molecule has 1 unspecified atom stereocenters. The van der Waals surface area contributed by atoms with Crippen LogP contribution in [0.5, 0.6) is 11.5 Å². The number of piperidine rings is 1. The summed E-state index contributed by atoms with van der Waals surface area (Å²) in [7, 11) is 1.65. The van der Waals surface area contributed by atoms with Gasteiger partial charge in [0.1, 0.15) is 18.1 Å². The smallest absolute Gasteiger partial charge is 0.229 e. The SMILES string of the molecule is COc1ccc2c(c1)OCC(C(=O)N1CCC(Cn3cc(C)cn3)CC1)C2. The molecule has 1 atom stereocenters. The number of hydrogen-bond donors (Lipinski definition) is 0. The molecule has 0 bridgehead atoms. The first-order valence-electron chi connectivity index (χ1n) is 9.70. The molecule has 0 spiro atoms. The predicted molar refractivity (Wildman–Crippen MR) is 102 cm³/mol. The van der Waals surface area contributed by atoms with Crippen LogP contribution in [0.1, 0.15) is 24.0 Å². The lowest BCUT2D eigenvalue weighted by atomic mass is 9.92. The number of aryl methyl sites for hydroxylation is 1. The van der Waals surface area contributed by atoms with Crippen molar-refractivity contribution in [2.45, 2.75) is 32.7 Å². The third-order valence-electron chi connectivity index (χ3n) is 5.66. The molecule has 0 saturated carbocycles. The molecule has 0 N–H and O–H groups in total. The molecule has 144 valence electrons. The van der Waals surface area contributed by atoms with Gasteiger partial charge in [-0.05, 0) is 49.3 Å². The first-order valence-corrected chi connectivity index (χ1v) is 9.70. The van der Waals surface area contributed by atoms with Gasteiger partial charge < -0.3 is 14.4 Å². The van der Waals surface area contributed by atoms with Crippen molar-refractivity contribution in [2.24, 2.45) is 11.8 Å². The Kier molecular flexibility index (Phi) is 5.05. The van der Waals surface area contributed by atoms with E-state index in [1.54, 1.807) is 7.11 Å². The largest absolute Gasteiger partial charge is 0.497 e. The van der Waals surface area contributed by atoms with E-state index in [2.05, 4.69) is 18.2 Å². The Bertz CT molecular complexity index is 809. The third-order valence-corrected chi connectivity index (χ3v) is 5.66. The van der Waals surface area contributed by atoms with Crippen LogP contribution in [-0.4, -0.2) is 47.4 Å². The number of nitrogens with zero attached hydrogens (tertiary/aromatic N) is 3. The average molecular weight is 369 g/mol. The van der Waals surface area contributed by atoms with Crippen LogP contribution in [0.2, 0.25) is 0 Å². The Morgan fingerprint density at radius 2 is 2.15 bits per heavy atom. The maximum absolute atomic E-state index is 13.0. The third kappa shape index (κ3) is 3.94. The van der Waals surface area contributed by atoms with Crippen LogP contribution in [0.4, 0.5) is 0 Å². The van der Waals surface area contributed by atoms with E-state index in [9.17, 15) is 4.79 Å². The summed E-state index contributed by atoms with van der Waals surface area (Å²) in [6.07, 6.45) is 6.79. The molecule has 2 aliphatic heterocycles. The van der Waals surface area contributed by atoms with Crippen LogP contribution < -0.4 is 9.47 Å². The number of carbonyl (C=O) groups excluding carboxylic acids is 1. The molecule has 1 aromatic carbocycles. The lowest BCUT2D eigenvalue weighted by molar-refractivity contribution is -0.138. The van der Waals surface area contributed by atoms with Gasteiger partial charge in [0, 0.05) is 31.9 Å². The van der Waals surface area contributed by atoms with Crippen molar-refractivity contribution >= 4 is 5.91 Å². The fourth-order valence-electron chi connectivity index (χ4n) is 4.06. The van der Waals surface area contributed by atoms with E-state index in [-0.39, 0.29) is 11.8 Å². The first kappa shape index (κ1) is 17.9. The van der Waals surface area contributed by atoms with E-state index in [0.717, 1.165) is 56.0 Å². The normalized spacial score (nSPS) is 20.1. The molecule has 27 heavy (non-hydrogen) atoms. The Hall–Kier alpha value is -2.50. The van der Waals surface area contributed by atoms with E-state index in [0.29, 0.717) is 12.5 Å². The molecule has 1 aromatic heterocycles. The van der Waals surface area contributed by atoms with Gasteiger partial charge in [0.2, 0.25) is 5.91 Å². The van der Waals surface area contributed by atoms with Crippen LogP contribution in [0, 0.1) is 18.8 Å². The van der Waals surface area contributed by atoms with E-state index < -0.39 is 0 Å². The summed E-state index contributed by atoms with van der Waals surface area (Å²) in [6, 6.07) is 5.84. The number of aromatic nitrogens is 2. The average Bonchev–Trinajstić information content (AvgIpc) is 3.11. The predicted octanol–water partition coefficient (Wildman–Crippen LogP) is 2.69. The highest BCUT2D eigenvalue weighted by molar-refractivity contribution is 5.80. The fourth-order valence-corrected chi connectivity index (χ4v) is 4.06. The molecule has 0 aliphatic carbocycles. The summed E-state index contributed by atoms with van der Waals surface area (Å²) in [6.45, 7) is 5.11. The Morgan fingerprint density at radius 3 is 2.85 bits per heavy atom. The summed E-state index contributed by atoms with van der Waals surface area (Å²) in [5.74, 6) is 2.35. The Morgan fingerprint density at radius 1 is 1.33 bits per heavy atom. The number of amides is 1. The highest BCUT2D eigenvalue weighted by Crippen LogP contribution is 2.32. The second-order valence-electron chi connectivity index (χ2n) is 7.69. The van der Waals surface area contributed by atoms with Gasteiger partial charge >= 0.3 is 0 Å². The minimum Gasteiger partial charge on any atom is -0.497 e. The second kappa shape index (κ2) is 7.62. The topological polar surface area (TPSA) is 56.6 Å². The van der Waals surface area contributed by atoms with Crippen LogP contribution in [0.15, 0.2) is 30.6 Å². The number of benzene rings is 1. The molecule has 4 rings (SSSR count). The fraction of sp³-hybridized carbons (Fsp3) is 0.524. The van der Waals surface area contributed by atoms with E-state index in [1.165, 1.54) is 5.56 Å². The van der Waals surface area contributed by atoms with Crippen molar-refractivity contribution in [3.05, 3.63) is 41.7 Å². The molecule has 0 radical (unpaired) electrons. The van der Waals surface area contributed by atoms with E-state index in [1.807, 2.05) is 34.0 Å². The standard InChI is InChI=1S/C21H27N3O3/c1-15-11-22-24(12-15)13-16-5-7-23(8-6-16)21(25)18-9-17-3-4-19(26-2)10-20(17)27-14-18/h3-4,10-12,16,18H,5-9,13-14H2,1-2H3. The summed E-state index contributed by atoms with van der Waals surface area (Å²) in [5, 5.41) is 4.38. The maximum Gasteiger partial charge on any atom is 0.229 e.